The lowest BCUT2D eigenvalue weighted by molar-refractivity contribution is -0.121. The lowest BCUT2D eigenvalue weighted by atomic mass is 9.86. The van der Waals surface area contributed by atoms with Gasteiger partial charge < -0.3 is 5.32 Å². The van der Waals surface area contributed by atoms with Crippen molar-refractivity contribution in [2.45, 2.75) is 58.4 Å². The maximum Gasteiger partial charge on any atom is 0.220 e. The number of carbonyl (C=O) groups excluding carboxylic acids is 1. The highest BCUT2D eigenvalue weighted by Gasteiger charge is 2.14. The summed E-state index contributed by atoms with van der Waals surface area (Å²) in [5, 5.41) is 3.02. The number of hydrogen-bond donors (Lipinski definition) is 1. The normalized spacial score (nSPS) is 16.3. The maximum atomic E-state index is 11.8. The first-order chi connectivity index (χ1) is 9.24. The van der Waals surface area contributed by atoms with Crippen molar-refractivity contribution in [2.24, 2.45) is 5.92 Å². The Morgan fingerprint density at radius 1 is 1.16 bits per heavy atom. The van der Waals surface area contributed by atoms with Crippen LogP contribution in [-0.4, -0.2) is 5.91 Å². The second-order valence-corrected chi connectivity index (χ2v) is 5.81. The molecule has 0 atom stereocenters. The standard InChI is InChI=1S/C17H25NO/c1-14-7-9-16(10-8-14)13-18-17(19)12-11-15-5-3-2-4-6-15/h7-10,15H,2-6,11-13H2,1H3,(H,18,19). The predicted molar refractivity (Wildman–Crippen MR) is 78.8 cm³/mol. The van der Waals surface area contributed by atoms with Gasteiger partial charge in [0.15, 0.2) is 0 Å². The summed E-state index contributed by atoms with van der Waals surface area (Å²) in [6.45, 7) is 2.73. The molecule has 1 saturated carbocycles. The molecule has 2 nitrogen and oxygen atoms in total. The topological polar surface area (TPSA) is 29.1 Å². The molecule has 1 fully saturated rings. The predicted octanol–water partition coefficient (Wildman–Crippen LogP) is 3.97. The molecule has 0 radical (unpaired) electrons. The minimum atomic E-state index is 0.200. The molecule has 0 spiro atoms. The van der Waals surface area contributed by atoms with Gasteiger partial charge in [0.1, 0.15) is 0 Å². The highest BCUT2D eigenvalue weighted by molar-refractivity contribution is 5.75. The van der Waals surface area contributed by atoms with Gasteiger partial charge in [-0.05, 0) is 24.8 Å². The molecule has 1 N–H and O–H groups in total. The van der Waals surface area contributed by atoms with Gasteiger partial charge in [-0.1, -0.05) is 61.9 Å². The van der Waals surface area contributed by atoms with Crippen molar-refractivity contribution in [3.63, 3.8) is 0 Å². The fourth-order valence-electron chi connectivity index (χ4n) is 2.81. The third-order valence-electron chi connectivity index (χ3n) is 4.11. The third kappa shape index (κ3) is 5.06. The van der Waals surface area contributed by atoms with Crippen molar-refractivity contribution in [1.82, 2.24) is 5.32 Å². The fourth-order valence-corrected chi connectivity index (χ4v) is 2.81. The molecule has 0 saturated heterocycles. The van der Waals surface area contributed by atoms with Crippen LogP contribution in [0.1, 0.15) is 56.1 Å². The van der Waals surface area contributed by atoms with Crippen LogP contribution in [0.3, 0.4) is 0 Å². The molecule has 2 rings (SSSR count). The molecule has 0 unspecified atom stereocenters. The van der Waals surface area contributed by atoms with Gasteiger partial charge in [-0.3, -0.25) is 4.79 Å². The summed E-state index contributed by atoms with van der Waals surface area (Å²) in [6, 6.07) is 8.33. The Kier molecular flexibility index (Phi) is 5.44. The molecular weight excluding hydrogens is 234 g/mol. The molecule has 0 aromatic heterocycles. The van der Waals surface area contributed by atoms with Gasteiger partial charge in [0, 0.05) is 13.0 Å². The first-order valence-corrected chi connectivity index (χ1v) is 7.56. The summed E-state index contributed by atoms with van der Waals surface area (Å²) in [4.78, 5) is 11.8. The Morgan fingerprint density at radius 3 is 2.53 bits per heavy atom. The van der Waals surface area contributed by atoms with Crippen LogP contribution in [0.15, 0.2) is 24.3 Å². The van der Waals surface area contributed by atoms with E-state index in [1.54, 1.807) is 0 Å². The lowest BCUT2D eigenvalue weighted by Gasteiger charge is -2.20. The van der Waals surface area contributed by atoms with Crippen LogP contribution in [0.25, 0.3) is 0 Å². The molecule has 1 aromatic carbocycles. The molecule has 1 amide bonds. The Morgan fingerprint density at radius 2 is 1.84 bits per heavy atom. The van der Waals surface area contributed by atoms with Gasteiger partial charge in [-0.15, -0.1) is 0 Å². The Labute approximate surface area is 116 Å². The van der Waals surface area contributed by atoms with E-state index >= 15 is 0 Å². The molecular formula is C17H25NO. The van der Waals surface area contributed by atoms with Crippen molar-refractivity contribution in [3.8, 4) is 0 Å². The van der Waals surface area contributed by atoms with Crippen LogP contribution in [-0.2, 0) is 11.3 Å². The Bertz CT molecular complexity index is 390. The SMILES string of the molecule is Cc1ccc(CNC(=O)CCC2CCCCC2)cc1. The monoisotopic (exact) mass is 259 g/mol. The van der Waals surface area contributed by atoms with E-state index in [0.717, 1.165) is 12.3 Å². The van der Waals surface area contributed by atoms with E-state index in [1.165, 1.54) is 43.2 Å². The van der Waals surface area contributed by atoms with E-state index in [4.69, 9.17) is 0 Å². The molecule has 1 aliphatic carbocycles. The largest absolute Gasteiger partial charge is 0.352 e. The average Bonchev–Trinajstić information content (AvgIpc) is 2.45. The number of benzene rings is 1. The van der Waals surface area contributed by atoms with Gasteiger partial charge in [-0.25, -0.2) is 0 Å². The molecule has 104 valence electrons. The molecule has 1 aromatic rings. The minimum Gasteiger partial charge on any atom is -0.352 e. The zero-order valence-corrected chi connectivity index (χ0v) is 12.0. The quantitative estimate of drug-likeness (QED) is 0.851. The van der Waals surface area contributed by atoms with E-state index in [0.29, 0.717) is 13.0 Å². The molecule has 0 heterocycles. The highest BCUT2D eigenvalue weighted by atomic mass is 16.1. The second kappa shape index (κ2) is 7.32. The minimum absolute atomic E-state index is 0.200. The third-order valence-corrected chi connectivity index (χ3v) is 4.11. The fraction of sp³-hybridized carbons (Fsp3) is 0.588. The number of carbonyl (C=O) groups is 1. The van der Waals surface area contributed by atoms with Crippen LogP contribution >= 0.6 is 0 Å². The average molecular weight is 259 g/mol. The van der Waals surface area contributed by atoms with Crippen molar-refractivity contribution in [2.75, 3.05) is 0 Å². The van der Waals surface area contributed by atoms with E-state index in [2.05, 4.69) is 36.5 Å². The second-order valence-electron chi connectivity index (χ2n) is 5.81. The van der Waals surface area contributed by atoms with Crippen molar-refractivity contribution in [1.29, 1.82) is 0 Å². The summed E-state index contributed by atoms with van der Waals surface area (Å²) in [5.41, 5.74) is 2.43. The smallest absolute Gasteiger partial charge is 0.220 e. The molecule has 19 heavy (non-hydrogen) atoms. The maximum absolute atomic E-state index is 11.8. The molecule has 0 bridgehead atoms. The van der Waals surface area contributed by atoms with E-state index in [9.17, 15) is 4.79 Å². The van der Waals surface area contributed by atoms with Crippen LogP contribution in [0.2, 0.25) is 0 Å². The van der Waals surface area contributed by atoms with Crippen LogP contribution in [0, 0.1) is 12.8 Å². The van der Waals surface area contributed by atoms with Crippen molar-refractivity contribution in [3.05, 3.63) is 35.4 Å². The van der Waals surface area contributed by atoms with Gasteiger partial charge in [-0.2, -0.15) is 0 Å². The van der Waals surface area contributed by atoms with Crippen molar-refractivity contribution >= 4 is 5.91 Å². The van der Waals surface area contributed by atoms with E-state index in [-0.39, 0.29) is 5.91 Å². The van der Waals surface area contributed by atoms with E-state index < -0.39 is 0 Å². The number of amides is 1. The van der Waals surface area contributed by atoms with Crippen LogP contribution in [0.5, 0.6) is 0 Å². The number of aryl methyl sites for hydroxylation is 1. The number of nitrogens with one attached hydrogen (secondary N) is 1. The Hall–Kier alpha value is -1.31. The van der Waals surface area contributed by atoms with Gasteiger partial charge in [0.05, 0.1) is 0 Å². The zero-order chi connectivity index (χ0) is 13.5. The number of rotatable bonds is 5. The van der Waals surface area contributed by atoms with Gasteiger partial charge in [0.2, 0.25) is 5.91 Å². The highest BCUT2D eigenvalue weighted by Crippen LogP contribution is 2.27. The first kappa shape index (κ1) is 14.1. The number of hydrogen-bond acceptors (Lipinski definition) is 1. The van der Waals surface area contributed by atoms with Gasteiger partial charge >= 0.3 is 0 Å². The summed E-state index contributed by atoms with van der Waals surface area (Å²) >= 11 is 0. The first-order valence-electron chi connectivity index (χ1n) is 7.56. The van der Waals surface area contributed by atoms with E-state index in [1.807, 2.05) is 0 Å². The summed E-state index contributed by atoms with van der Waals surface area (Å²) in [5.74, 6) is 0.991. The Balaban J connectivity index is 1.65. The summed E-state index contributed by atoms with van der Waals surface area (Å²) in [6.07, 6.45) is 8.51. The molecule has 0 aliphatic heterocycles. The zero-order valence-electron chi connectivity index (χ0n) is 12.0. The lowest BCUT2D eigenvalue weighted by Crippen LogP contribution is -2.23. The summed E-state index contributed by atoms with van der Waals surface area (Å²) in [7, 11) is 0. The van der Waals surface area contributed by atoms with Gasteiger partial charge in [0.25, 0.3) is 0 Å². The summed E-state index contributed by atoms with van der Waals surface area (Å²) < 4.78 is 0. The van der Waals surface area contributed by atoms with Crippen LogP contribution < -0.4 is 5.32 Å². The molecule has 2 heteroatoms. The van der Waals surface area contributed by atoms with Crippen LogP contribution in [0.4, 0.5) is 0 Å². The molecule has 1 aliphatic rings. The van der Waals surface area contributed by atoms with Crippen molar-refractivity contribution < 1.29 is 4.79 Å².